The standard InChI is InChI=1S/C12H20N2O3/c15-11(14-8-4-6-13-7-5-8)9-2-1-3-10(9)12(16)17/h8-10,13H,1-7H2,(H,14,15)(H,16,17). The Kier molecular flexibility index (Phi) is 3.99. The number of carbonyl (C=O) groups is 2. The molecule has 96 valence electrons. The van der Waals surface area contributed by atoms with Crippen molar-refractivity contribution in [3.05, 3.63) is 0 Å². The molecule has 0 spiro atoms. The molecule has 2 fully saturated rings. The Labute approximate surface area is 101 Å². The Bertz CT molecular complexity index is 300. The molecule has 1 amide bonds. The summed E-state index contributed by atoms with van der Waals surface area (Å²) < 4.78 is 0. The van der Waals surface area contributed by atoms with E-state index in [1.807, 2.05) is 0 Å². The van der Waals surface area contributed by atoms with E-state index in [0.29, 0.717) is 12.8 Å². The molecule has 0 aromatic rings. The van der Waals surface area contributed by atoms with E-state index in [4.69, 9.17) is 5.11 Å². The third-order valence-corrected chi connectivity index (χ3v) is 3.86. The number of rotatable bonds is 3. The molecular weight excluding hydrogens is 220 g/mol. The molecule has 2 atom stereocenters. The van der Waals surface area contributed by atoms with Gasteiger partial charge in [0.1, 0.15) is 0 Å². The summed E-state index contributed by atoms with van der Waals surface area (Å²) in [5.41, 5.74) is 0. The van der Waals surface area contributed by atoms with Crippen molar-refractivity contribution in [1.29, 1.82) is 0 Å². The summed E-state index contributed by atoms with van der Waals surface area (Å²) in [6.45, 7) is 1.86. The maximum Gasteiger partial charge on any atom is 0.307 e. The number of nitrogens with one attached hydrogen (secondary N) is 2. The van der Waals surface area contributed by atoms with Gasteiger partial charge in [0.25, 0.3) is 0 Å². The van der Waals surface area contributed by atoms with E-state index in [1.54, 1.807) is 0 Å². The van der Waals surface area contributed by atoms with Gasteiger partial charge in [0, 0.05) is 6.04 Å². The molecule has 2 unspecified atom stereocenters. The number of hydrogen-bond acceptors (Lipinski definition) is 3. The van der Waals surface area contributed by atoms with Crippen molar-refractivity contribution in [2.45, 2.75) is 38.1 Å². The van der Waals surface area contributed by atoms with Crippen LogP contribution >= 0.6 is 0 Å². The number of aliphatic carboxylic acids is 1. The van der Waals surface area contributed by atoms with Crippen molar-refractivity contribution in [1.82, 2.24) is 10.6 Å². The van der Waals surface area contributed by atoms with Crippen LogP contribution in [0.4, 0.5) is 0 Å². The zero-order valence-electron chi connectivity index (χ0n) is 9.95. The first-order valence-corrected chi connectivity index (χ1v) is 6.42. The van der Waals surface area contributed by atoms with Crippen LogP contribution in [0, 0.1) is 11.8 Å². The van der Waals surface area contributed by atoms with Gasteiger partial charge in [0.15, 0.2) is 0 Å². The molecule has 0 bridgehead atoms. The normalized spacial score (nSPS) is 30.1. The van der Waals surface area contributed by atoms with Crippen LogP contribution in [-0.4, -0.2) is 36.1 Å². The Balaban J connectivity index is 1.88. The zero-order chi connectivity index (χ0) is 12.3. The van der Waals surface area contributed by atoms with Gasteiger partial charge in [0.05, 0.1) is 11.8 Å². The summed E-state index contributed by atoms with van der Waals surface area (Å²) in [5, 5.41) is 15.3. The molecule has 0 radical (unpaired) electrons. The van der Waals surface area contributed by atoms with Gasteiger partial charge in [0.2, 0.25) is 5.91 Å². The summed E-state index contributed by atoms with van der Waals surface area (Å²) in [5.74, 6) is -1.67. The fourth-order valence-electron chi connectivity index (χ4n) is 2.84. The lowest BCUT2D eigenvalue weighted by atomic mass is 9.94. The van der Waals surface area contributed by atoms with Gasteiger partial charge in [-0.1, -0.05) is 6.42 Å². The highest BCUT2D eigenvalue weighted by Crippen LogP contribution is 2.32. The second-order valence-corrected chi connectivity index (χ2v) is 5.01. The van der Waals surface area contributed by atoms with Crippen molar-refractivity contribution >= 4 is 11.9 Å². The monoisotopic (exact) mass is 240 g/mol. The third kappa shape index (κ3) is 2.97. The molecule has 5 nitrogen and oxygen atoms in total. The fraction of sp³-hybridized carbons (Fsp3) is 0.833. The topological polar surface area (TPSA) is 78.4 Å². The number of carboxylic acid groups (broad SMARTS) is 1. The van der Waals surface area contributed by atoms with Gasteiger partial charge >= 0.3 is 5.97 Å². The minimum absolute atomic E-state index is 0.0539. The lowest BCUT2D eigenvalue weighted by Crippen LogP contribution is -2.46. The zero-order valence-corrected chi connectivity index (χ0v) is 9.95. The Morgan fingerprint density at radius 1 is 1.06 bits per heavy atom. The molecule has 1 aliphatic heterocycles. The molecular formula is C12H20N2O3. The van der Waals surface area contributed by atoms with Crippen LogP contribution < -0.4 is 10.6 Å². The lowest BCUT2D eigenvalue weighted by molar-refractivity contribution is -0.146. The highest BCUT2D eigenvalue weighted by molar-refractivity contribution is 5.85. The minimum Gasteiger partial charge on any atom is -0.481 e. The van der Waals surface area contributed by atoms with Gasteiger partial charge in [-0.3, -0.25) is 9.59 Å². The second-order valence-electron chi connectivity index (χ2n) is 5.01. The minimum atomic E-state index is -0.826. The van der Waals surface area contributed by atoms with Crippen molar-refractivity contribution < 1.29 is 14.7 Å². The van der Waals surface area contributed by atoms with Gasteiger partial charge < -0.3 is 15.7 Å². The molecule has 1 saturated heterocycles. The third-order valence-electron chi connectivity index (χ3n) is 3.86. The molecule has 0 aromatic carbocycles. The molecule has 1 saturated carbocycles. The number of piperidine rings is 1. The van der Waals surface area contributed by atoms with E-state index in [2.05, 4.69) is 10.6 Å². The van der Waals surface area contributed by atoms with Crippen LogP contribution in [0.15, 0.2) is 0 Å². The smallest absolute Gasteiger partial charge is 0.307 e. The number of carboxylic acids is 1. The quantitative estimate of drug-likeness (QED) is 0.665. The SMILES string of the molecule is O=C(O)C1CCCC1C(=O)NC1CCNCC1. The lowest BCUT2D eigenvalue weighted by Gasteiger charge is -2.26. The average Bonchev–Trinajstić information content (AvgIpc) is 2.79. The number of hydrogen-bond donors (Lipinski definition) is 3. The highest BCUT2D eigenvalue weighted by Gasteiger charge is 2.38. The van der Waals surface area contributed by atoms with Gasteiger partial charge in [-0.25, -0.2) is 0 Å². The van der Waals surface area contributed by atoms with Crippen molar-refractivity contribution in [3.63, 3.8) is 0 Å². The molecule has 1 aliphatic carbocycles. The average molecular weight is 240 g/mol. The highest BCUT2D eigenvalue weighted by atomic mass is 16.4. The Morgan fingerprint density at radius 2 is 1.71 bits per heavy atom. The summed E-state index contributed by atoms with van der Waals surface area (Å²) in [4.78, 5) is 23.1. The summed E-state index contributed by atoms with van der Waals surface area (Å²) >= 11 is 0. The van der Waals surface area contributed by atoms with E-state index in [-0.39, 0.29) is 17.9 Å². The maximum absolute atomic E-state index is 12.0. The summed E-state index contributed by atoms with van der Waals surface area (Å²) in [7, 11) is 0. The summed E-state index contributed by atoms with van der Waals surface area (Å²) in [6, 6.07) is 0.221. The fourth-order valence-corrected chi connectivity index (χ4v) is 2.84. The van der Waals surface area contributed by atoms with Crippen LogP contribution in [0.2, 0.25) is 0 Å². The molecule has 17 heavy (non-hydrogen) atoms. The van der Waals surface area contributed by atoms with Crippen molar-refractivity contribution in [2.24, 2.45) is 11.8 Å². The van der Waals surface area contributed by atoms with E-state index >= 15 is 0 Å². The maximum atomic E-state index is 12.0. The van der Waals surface area contributed by atoms with E-state index in [0.717, 1.165) is 32.4 Å². The first kappa shape index (κ1) is 12.4. The molecule has 2 rings (SSSR count). The Morgan fingerprint density at radius 3 is 2.35 bits per heavy atom. The predicted molar refractivity (Wildman–Crippen MR) is 62.5 cm³/mol. The van der Waals surface area contributed by atoms with Crippen molar-refractivity contribution in [2.75, 3.05) is 13.1 Å². The van der Waals surface area contributed by atoms with E-state index < -0.39 is 11.9 Å². The molecule has 3 N–H and O–H groups in total. The van der Waals surface area contributed by atoms with Crippen LogP contribution in [0.3, 0.4) is 0 Å². The Hall–Kier alpha value is -1.10. The van der Waals surface area contributed by atoms with Crippen LogP contribution in [0.5, 0.6) is 0 Å². The molecule has 1 heterocycles. The number of carbonyl (C=O) groups excluding carboxylic acids is 1. The van der Waals surface area contributed by atoms with Crippen LogP contribution in [-0.2, 0) is 9.59 Å². The van der Waals surface area contributed by atoms with Gasteiger partial charge in [-0.2, -0.15) is 0 Å². The largest absolute Gasteiger partial charge is 0.481 e. The summed E-state index contributed by atoms with van der Waals surface area (Å²) in [6.07, 6.45) is 4.08. The first-order valence-electron chi connectivity index (χ1n) is 6.42. The number of amides is 1. The van der Waals surface area contributed by atoms with E-state index in [9.17, 15) is 9.59 Å². The molecule has 2 aliphatic rings. The van der Waals surface area contributed by atoms with Gasteiger partial charge in [-0.05, 0) is 38.8 Å². The van der Waals surface area contributed by atoms with Crippen LogP contribution in [0.25, 0.3) is 0 Å². The second kappa shape index (κ2) is 5.49. The molecule has 5 heteroatoms. The first-order chi connectivity index (χ1) is 8.18. The molecule has 0 aromatic heterocycles. The van der Waals surface area contributed by atoms with Crippen molar-refractivity contribution in [3.8, 4) is 0 Å². The van der Waals surface area contributed by atoms with Crippen LogP contribution in [0.1, 0.15) is 32.1 Å². The van der Waals surface area contributed by atoms with Gasteiger partial charge in [-0.15, -0.1) is 0 Å². The predicted octanol–water partition coefficient (Wildman–Crippen LogP) is 0.356. The van der Waals surface area contributed by atoms with E-state index in [1.165, 1.54) is 0 Å².